The number of nitriles is 1. The van der Waals surface area contributed by atoms with Gasteiger partial charge in [-0.25, -0.2) is 0 Å². The molecule has 2 heteroatoms. The Morgan fingerprint density at radius 3 is 1.55 bits per heavy atom. The van der Waals surface area contributed by atoms with Gasteiger partial charge >= 0.3 is 0 Å². The Labute approximate surface area is 278 Å². The van der Waals surface area contributed by atoms with Gasteiger partial charge in [0.1, 0.15) is 0 Å². The van der Waals surface area contributed by atoms with Gasteiger partial charge in [0.25, 0.3) is 0 Å². The quantitative estimate of drug-likeness (QED) is 0.195. The van der Waals surface area contributed by atoms with E-state index in [1.807, 2.05) is 6.07 Å². The van der Waals surface area contributed by atoms with E-state index in [0.717, 1.165) is 33.5 Å². The Morgan fingerprint density at radius 1 is 0.468 bits per heavy atom. The van der Waals surface area contributed by atoms with Gasteiger partial charge in [0.15, 0.2) is 0 Å². The number of fused-ring (bicyclic) bond motifs is 3. The Hall–Kier alpha value is -5.39. The Bertz CT molecular complexity index is 2240. The molecule has 0 bridgehead atoms. The van der Waals surface area contributed by atoms with E-state index in [1.165, 1.54) is 38.5 Å². The van der Waals surface area contributed by atoms with Gasteiger partial charge in [-0.05, 0) is 92.2 Å². The predicted octanol–water partition coefficient (Wildman–Crippen LogP) is 12.3. The van der Waals surface area contributed by atoms with E-state index in [9.17, 15) is 5.26 Å². The van der Waals surface area contributed by atoms with Gasteiger partial charge in [0, 0.05) is 16.3 Å². The summed E-state index contributed by atoms with van der Waals surface area (Å²) in [6.45, 7) is 13.7. The number of para-hydroxylation sites is 1. The van der Waals surface area contributed by atoms with E-state index >= 15 is 0 Å². The van der Waals surface area contributed by atoms with E-state index in [0.29, 0.717) is 5.56 Å². The molecule has 0 spiro atoms. The highest BCUT2D eigenvalue weighted by Crippen LogP contribution is 2.43. The maximum atomic E-state index is 10.1. The van der Waals surface area contributed by atoms with Crippen LogP contribution in [0.15, 0.2) is 133 Å². The van der Waals surface area contributed by atoms with Crippen LogP contribution in [0.25, 0.3) is 60.9 Å². The third kappa shape index (κ3) is 5.43. The van der Waals surface area contributed by atoms with Crippen molar-refractivity contribution < 1.29 is 0 Å². The first-order valence-corrected chi connectivity index (χ1v) is 16.4. The zero-order valence-corrected chi connectivity index (χ0v) is 28.1. The molecular formula is C45H40N2. The molecule has 0 fully saturated rings. The molecule has 0 atom stereocenters. The lowest BCUT2D eigenvalue weighted by Gasteiger charge is -2.20. The molecule has 0 aliphatic rings. The van der Waals surface area contributed by atoms with Crippen LogP contribution < -0.4 is 0 Å². The van der Waals surface area contributed by atoms with Crippen molar-refractivity contribution in [2.75, 3.05) is 0 Å². The molecule has 0 aliphatic carbocycles. The van der Waals surface area contributed by atoms with Gasteiger partial charge in [0.2, 0.25) is 0 Å². The summed E-state index contributed by atoms with van der Waals surface area (Å²) in [5.41, 5.74) is 13.5. The largest absolute Gasteiger partial charge is 0.309 e. The van der Waals surface area contributed by atoms with Gasteiger partial charge in [0.05, 0.1) is 28.4 Å². The van der Waals surface area contributed by atoms with E-state index in [1.54, 1.807) is 0 Å². The highest BCUT2D eigenvalue weighted by molar-refractivity contribution is 6.10. The molecular weight excluding hydrogens is 569 g/mol. The van der Waals surface area contributed by atoms with E-state index in [4.69, 9.17) is 0 Å². The molecule has 6 aromatic carbocycles. The number of hydrogen-bond acceptors (Lipinski definition) is 1. The van der Waals surface area contributed by atoms with Gasteiger partial charge in [-0.3, -0.25) is 0 Å². The normalized spacial score (nSPS) is 12.0. The monoisotopic (exact) mass is 608 g/mol. The molecule has 0 saturated heterocycles. The van der Waals surface area contributed by atoms with Gasteiger partial charge in [-0.2, -0.15) is 5.26 Å². The minimum Gasteiger partial charge on any atom is -0.309 e. The topological polar surface area (TPSA) is 28.7 Å². The molecule has 1 heterocycles. The Balaban J connectivity index is 1.54. The van der Waals surface area contributed by atoms with Crippen LogP contribution in [0.1, 0.15) is 58.2 Å². The molecule has 0 unspecified atom stereocenters. The third-order valence-electron chi connectivity index (χ3n) is 9.38. The van der Waals surface area contributed by atoms with Gasteiger partial charge in [-0.1, -0.05) is 133 Å². The molecule has 7 aromatic rings. The first-order chi connectivity index (χ1) is 22.5. The first-order valence-electron chi connectivity index (χ1n) is 16.4. The van der Waals surface area contributed by atoms with Crippen LogP contribution in [0.2, 0.25) is 0 Å². The molecule has 0 N–H and O–H groups in total. The second-order valence-electron chi connectivity index (χ2n) is 14.6. The molecule has 0 radical (unpaired) electrons. The average molecular weight is 609 g/mol. The summed E-state index contributed by atoms with van der Waals surface area (Å²) in [6, 6.07) is 50.2. The van der Waals surface area contributed by atoms with Crippen LogP contribution in [-0.2, 0) is 10.8 Å². The fourth-order valence-corrected chi connectivity index (χ4v) is 6.77. The smallest absolute Gasteiger partial charge is 0.0991 e. The number of aromatic nitrogens is 1. The van der Waals surface area contributed by atoms with Gasteiger partial charge < -0.3 is 4.57 Å². The lowest BCUT2D eigenvalue weighted by Crippen LogP contribution is -2.10. The van der Waals surface area contributed by atoms with Crippen molar-refractivity contribution in [3.8, 4) is 45.1 Å². The minimum atomic E-state index is 0.0287. The van der Waals surface area contributed by atoms with Crippen LogP contribution in [-0.4, -0.2) is 4.57 Å². The fraction of sp³-hybridized carbons (Fsp3) is 0.178. The van der Waals surface area contributed by atoms with Crippen molar-refractivity contribution in [3.05, 3.63) is 150 Å². The summed E-state index contributed by atoms with van der Waals surface area (Å²) in [7, 11) is 0. The zero-order chi connectivity index (χ0) is 32.9. The maximum Gasteiger partial charge on any atom is 0.0991 e. The second-order valence-corrected chi connectivity index (χ2v) is 14.6. The summed E-state index contributed by atoms with van der Waals surface area (Å²) in [4.78, 5) is 0. The first kappa shape index (κ1) is 30.3. The van der Waals surface area contributed by atoms with Crippen LogP contribution in [0, 0.1) is 11.3 Å². The lowest BCUT2D eigenvalue weighted by molar-refractivity contribution is 0.590. The van der Waals surface area contributed by atoms with Crippen molar-refractivity contribution in [2.24, 2.45) is 0 Å². The fourth-order valence-electron chi connectivity index (χ4n) is 6.77. The van der Waals surface area contributed by atoms with Crippen LogP contribution >= 0.6 is 0 Å². The summed E-state index contributed by atoms with van der Waals surface area (Å²) >= 11 is 0. The standard InChI is InChI=1S/C45H40N2/c1-44(2,3)32-21-24-42-39(27-32)40-28-33(45(4,5)6)22-25-43(40)47(42)41-19-13-12-18-37(41)38-26-30(29-46)20-23-36(38)35-17-11-10-16-34(35)31-14-8-7-9-15-31/h7-28H,1-6H3. The Morgan fingerprint density at radius 2 is 0.979 bits per heavy atom. The van der Waals surface area contributed by atoms with Crippen LogP contribution in [0.4, 0.5) is 0 Å². The molecule has 0 amide bonds. The maximum absolute atomic E-state index is 10.1. The number of rotatable bonds is 4. The summed E-state index contributed by atoms with van der Waals surface area (Å²) in [5.74, 6) is 0. The summed E-state index contributed by atoms with van der Waals surface area (Å²) in [5, 5.41) is 12.6. The number of hydrogen-bond donors (Lipinski definition) is 0. The molecule has 47 heavy (non-hydrogen) atoms. The molecule has 230 valence electrons. The van der Waals surface area contributed by atoms with E-state index < -0.39 is 0 Å². The molecule has 1 aromatic heterocycles. The van der Waals surface area contributed by atoms with E-state index in [-0.39, 0.29) is 10.8 Å². The summed E-state index contributed by atoms with van der Waals surface area (Å²) < 4.78 is 2.42. The molecule has 0 saturated carbocycles. The number of benzene rings is 6. The van der Waals surface area contributed by atoms with Crippen LogP contribution in [0.3, 0.4) is 0 Å². The third-order valence-corrected chi connectivity index (χ3v) is 9.38. The van der Waals surface area contributed by atoms with E-state index in [2.05, 4.69) is 180 Å². The Kier molecular flexibility index (Phi) is 7.37. The molecule has 2 nitrogen and oxygen atoms in total. The molecule has 0 aliphatic heterocycles. The van der Waals surface area contributed by atoms with Gasteiger partial charge in [-0.15, -0.1) is 0 Å². The SMILES string of the molecule is CC(C)(C)c1ccc2c(c1)c1cc(C(C)(C)C)ccc1n2-c1ccccc1-c1cc(C#N)ccc1-c1ccccc1-c1ccccc1. The van der Waals surface area contributed by atoms with Crippen molar-refractivity contribution in [2.45, 2.75) is 52.4 Å². The molecule has 7 rings (SSSR count). The predicted molar refractivity (Wildman–Crippen MR) is 199 cm³/mol. The number of nitrogens with zero attached hydrogens (tertiary/aromatic N) is 2. The van der Waals surface area contributed by atoms with Crippen LogP contribution in [0.5, 0.6) is 0 Å². The lowest BCUT2D eigenvalue weighted by atomic mass is 9.85. The van der Waals surface area contributed by atoms with Crippen molar-refractivity contribution >= 4 is 21.8 Å². The van der Waals surface area contributed by atoms with Crippen molar-refractivity contribution in [3.63, 3.8) is 0 Å². The highest BCUT2D eigenvalue weighted by atomic mass is 15.0. The highest BCUT2D eigenvalue weighted by Gasteiger charge is 2.23. The average Bonchev–Trinajstić information content (AvgIpc) is 3.40. The minimum absolute atomic E-state index is 0.0287. The van der Waals surface area contributed by atoms with Crippen molar-refractivity contribution in [1.29, 1.82) is 5.26 Å². The zero-order valence-electron chi connectivity index (χ0n) is 28.1. The van der Waals surface area contributed by atoms with Crippen molar-refractivity contribution in [1.82, 2.24) is 4.57 Å². The summed E-state index contributed by atoms with van der Waals surface area (Å²) in [6.07, 6.45) is 0. The second kappa shape index (κ2) is 11.4.